The van der Waals surface area contributed by atoms with Gasteiger partial charge in [0.15, 0.2) is 13.2 Å². The van der Waals surface area contributed by atoms with Crippen LogP contribution in [0.1, 0.15) is 19.4 Å². The van der Waals surface area contributed by atoms with Gasteiger partial charge in [-0.2, -0.15) is 0 Å². The summed E-state index contributed by atoms with van der Waals surface area (Å²) in [6, 6.07) is 3.49. The number of carbonyl (C=O) groups is 2. The molecule has 0 aliphatic rings. The van der Waals surface area contributed by atoms with E-state index in [-0.39, 0.29) is 25.2 Å². The number of halogens is 2. The van der Waals surface area contributed by atoms with E-state index in [0.29, 0.717) is 10.8 Å². The van der Waals surface area contributed by atoms with Gasteiger partial charge in [0.1, 0.15) is 5.75 Å². The van der Waals surface area contributed by atoms with Crippen molar-refractivity contribution in [2.24, 2.45) is 0 Å². The lowest BCUT2D eigenvalue weighted by atomic mass is 10.2. The molecule has 116 valence electrons. The Kier molecular flexibility index (Phi) is 6.98. The van der Waals surface area contributed by atoms with Crippen LogP contribution in [0, 0.1) is 6.92 Å². The second kappa shape index (κ2) is 8.24. The number of esters is 1. The maximum absolute atomic E-state index is 11.5. The molecule has 0 bridgehead atoms. The van der Waals surface area contributed by atoms with Crippen molar-refractivity contribution in [1.29, 1.82) is 0 Å². The zero-order valence-electron chi connectivity index (χ0n) is 12.0. The van der Waals surface area contributed by atoms with E-state index < -0.39 is 5.97 Å². The largest absolute Gasteiger partial charge is 0.480 e. The summed E-state index contributed by atoms with van der Waals surface area (Å²) >= 11 is 9.34. The van der Waals surface area contributed by atoms with Gasteiger partial charge in [-0.15, -0.1) is 0 Å². The van der Waals surface area contributed by atoms with Gasteiger partial charge in [-0.05, 0) is 38.5 Å². The Hall–Kier alpha value is -1.27. The number of amides is 1. The second-order valence-corrected chi connectivity index (χ2v) is 6.03. The molecule has 0 aliphatic carbocycles. The van der Waals surface area contributed by atoms with Gasteiger partial charge in [0, 0.05) is 10.5 Å². The molecule has 0 saturated carbocycles. The molecular formula is C14H17BrClNO4. The highest BCUT2D eigenvalue weighted by atomic mass is 79.9. The number of rotatable bonds is 6. The third kappa shape index (κ3) is 6.35. The van der Waals surface area contributed by atoms with Crippen LogP contribution < -0.4 is 10.1 Å². The number of hydrogen-bond donors (Lipinski definition) is 1. The van der Waals surface area contributed by atoms with Crippen LogP contribution in [0.15, 0.2) is 16.6 Å². The van der Waals surface area contributed by atoms with E-state index in [0.717, 1.165) is 10.0 Å². The summed E-state index contributed by atoms with van der Waals surface area (Å²) in [5, 5.41) is 3.01. The first kappa shape index (κ1) is 17.8. The topological polar surface area (TPSA) is 64.6 Å². The molecule has 1 N–H and O–H groups in total. The monoisotopic (exact) mass is 377 g/mol. The van der Waals surface area contributed by atoms with Crippen molar-refractivity contribution in [3.8, 4) is 5.75 Å². The zero-order valence-corrected chi connectivity index (χ0v) is 14.4. The summed E-state index contributed by atoms with van der Waals surface area (Å²) in [4.78, 5) is 22.8. The highest BCUT2D eigenvalue weighted by molar-refractivity contribution is 9.10. The molecule has 0 radical (unpaired) electrons. The minimum absolute atomic E-state index is 0.00308. The average Bonchev–Trinajstić information content (AvgIpc) is 2.34. The summed E-state index contributed by atoms with van der Waals surface area (Å²) in [6.45, 7) is 4.82. The SMILES string of the molecule is Cc1cc(Br)cc(Cl)c1OCC(=O)OCC(=O)NC(C)C. The van der Waals surface area contributed by atoms with Crippen LogP contribution in [0.4, 0.5) is 0 Å². The van der Waals surface area contributed by atoms with Crippen molar-refractivity contribution < 1.29 is 19.1 Å². The first-order chi connectivity index (χ1) is 9.79. The van der Waals surface area contributed by atoms with Gasteiger partial charge in [-0.1, -0.05) is 27.5 Å². The van der Waals surface area contributed by atoms with Crippen LogP contribution >= 0.6 is 27.5 Å². The van der Waals surface area contributed by atoms with Crippen molar-refractivity contribution in [1.82, 2.24) is 5.32 Å². The lowest BCUT2D eigenvalue weighted by molar-refractivity contribution is -0.150. The summed E-state index contributed by atoms with van der Waals surface area (Å²) in [7, 11) is 0. The van der Waals surface area contributed by atoms with Crippen molar-refractivity contribution >= 4 is 39.4 Å². The number of ether oxygens (including phenoxy) is 2. The zero-order chi connectivity index (χ0) is 16.0. The van der Waals surface area contributed by atoms with Crippen molar-refractivity contribution in [3.05, 3.63) is 27.2 Å². The summed E-state index contributed by atoms with van der Waals surface area (Å²) < 4.78 is 11.0. The molecule has 0 atom stereocenters. The third-order valence-corrected chi connectivity index (χ3v) is 3.08. The van der Waals surface area contributed by atoms with Crippen LogP contribution in [-0.2, 0) is 14.3 Å². The Balaban J connectivity index is 2.45. The number of hydrogen-bond acceptors (Lipinski definition) is 4. The lowest BCUT2D eigenvalue weighted by Crippen LogP contribution is -2.34. The van der Waals surface area contributed by atoms with Crippen LogP contribution in [0.25, 0.3) is 0 Å². The van der Waals surface area contributed by atoms with Crippen molar-refractivity contribution in [3.63, 3.8) is 0 Å². The number of carbonyl (C=O) groups excluding carboxylic acids is 2. The van der Waals surface area contributed by atoms with Crippen LogP contribution in [0.3, 0.4) is 0 Å². The molecule has 1 rings (SSSR count). The fourth-order valence-corrected chi connectivity index (χ4v) is 2.58. The Morgan fingerprint density at radius 1 is 1.33 bits per heavy atom. The first-order valence-corrected chi connectivity index (χ1v) is 7.50. The summed E-state index contributed by atoms with van der Waals surface area (Å²) in [6.07, 6.45) is 0. The Bertz CT molecular complexity index is 511. The Labute approximate surface area is 137 Å². The molecule has 0 saturated heterocycles. The van der Waals surface area contributed by atoms with Gasteiger partial charge in [-0.3, -0.25) is 4.79 Å². The van der Waals surface area contributed by atoms with Gasteiger partial charge in [0.2, 0.25) is 0 Å². The van der Waals surface area contributed by atoms with Crippen molar-refractivity contribution in [2.45, 2.75) is 26.8 Å². The standard InChI is InChI=1S/C14H17BrClNO4/c1-8(2)17-12(18)6-20-13(19)7-21-14-9(3)4-10(15)5-11(14)16/h4-5,8H,6-7H2,1-3H3,(H,17,18). The normalized spacial score (nSPS) is 10.4. The fourth-order valence-electron chi connectivity index (χ4n) is 1.55. The predicted molar refractivity (Wildman–Crippen MR) is 83.6 cm³/mol. The van der Waals surface area contributed by atoms with Crippen LogP contribution in [-0.4, -0.2) is 31.1 Å². The molecule has 0 heterocycles. The summed E-state index contributed by atoms with van der Waals surface area (Å²) in [5.74, 6) is -0.563. The molecule has 0 aliphatic heterocycles. The van der Waals surface area contributed by atoms with E-state index in [1.54, 1.807) is 6.07 Å². The van der Waals surface area contributed by atoms with E-state index in [4.69, 9.17) is 21.1 Å². The Morgan fingerprint density at radius 2 is 2.00 bits per heavy atom. The minimum Gasteiger partial charge on any atom is -0.480 e. The molecular weight excluding hydrogens is 362 g/mol. The molecule has 0 spiro atoms. The second-order valence-electron chi connectivity index (χ2n) is 4.71. The minimum atomic E-state index is -0.632. The third-order valence-electron chi connectivity index (χ3n) is 2.34. The predicted octanol–water partition coefficient (Wildman–Crippen LogP) is 2.86. The number of nitrogens with one attached hydrogen (secondary N) is 1. The van der Waals surface area contributed by atoms with Gasteiger partial charge in [0.05, 0.1) is 5.02 Å². The molecule has 0 aromatic heterocycles. The maximum atomic E-state index is 11.5. The van der Waals surface area contributed by atoms with Gasteiger partial charge >= 0.3 is 5.97 Å². The lowest BCUT2D eigenvalue weighted by Gasteiger charge is -2.12. The van der Waals surface area contributed by atoms with Gasteiger partial charge in [-0.25, -0.2) is 4.79 Å². The summed E-state index contributed by atoms with van der Waals surface area (Å²) in [5.41, 5.74) is 0.791. The van der Waals surface area contributed by atoms with Crippen LogP contribution in [0.2, 0.25) is 5.02 Å². The van der Waals surface area contributed by atoms with Gasteiger partial charge in [0.25, 0.3) is 5.91 Å². The Morgan fingerprint density at radius 3 is 2.57 bits per heavy atom. The fraction of sp³-hybridized carbons (Fsp3) is 0.429. The molecule has 0 unspecified atom stereocenters. The molecule has 0 fully saturated rings. The van der Waals surface area contributed by atoms with E-state index in [1.807, 2.05) is 26.8 Å². The molecule has 1 aromatic carbocycles. The smallest absolute Gasteiger partial charge is 0.344 e. The van der Waals surface area contributed by atoms with Gasteiger partial charge < -0.3 is 14.8 Å². The van der Waals surface area contributed by atoms with E-state index in [2.05, 4.69) is 21.2 Å². The quantitative estimate of drug-likeness (QED) is 0.773. The maximum Gasteiger partial charge on any atom is 0.344 e. The number of aryl methyl sites for hydroxylation is 1. The first-order valence-electron chi connectivity index (χ1n) is 6.33. The van der Waals surface area contributed by atoms with E-state index in [9.17, 15) is 9.59 Å². The molecule has 1 aromatic rings. The molecule has 1 amide bonds. The van der Waals surface area contributed by atoms with Crippen molar-refractivity contribution in [2.75, 3.05) is 13.2 Å². The van der Waals surface area contributed by atoms with Crippen LogP contribution in [0.5, 0.6) is 5.75 Å². The molecule has 21 heavy (non-hydrogen) atoms. The number of benzene rings is 1. The van der Waals surface area contributed by atoms with E-state index in [1.165, 1.54) is 0 Å². The highest BCUT2D eigenvalue weighted by Crippen LogP contribution is 2.31. The highest BCUT2D eigenvalue weighted by Gasteiger charge is 2.12. The van der Waals surface area contributed by atoms with E-state index >= 15 is 0 Å². The molecule has 7 heteroatoms. The average molecular weight is 379 g/mol. The molecule has 5 nitrogen and oxygen atoms in total.